The van der Waals surface area contributed by atoms with E-state index in [-0.39, 0.29) is 29.8 Å². The largest absolute Gasteiger partial charge is 0.573 e. The van der Waals surface area contributed by atoms with Crippen molar-refractivity contribution in [3.8, 4) is 11.5 Å². The molecule has 31 heavy (non-hydrogen) atoms. The summed E-state index contributed by atoms with van der Waals surface area (Å²) >= 11 is 0. The third kappa shape index (κ3) is 6.11. The van der Waals surface area contributed by atoms with Gasteiger partial charge in [-0.05, 0) is 48.9 Å². The van der Waals surface area contributed by atoms with Crippen LogP contribution in [0.5, 0.6) is 11.5 Å². The van der Waals surface area contributed by atoms with Crippen LogP contribution < -0.4 is 4.74 Å². The average molecular weight is 458 g/mol. The maximum Gasteiger partial charge on any atom is 0.573 e. The summed E-state index contributed by atoms with van der Waals surface area (Å²) in [5.41, 5.74) is 1.55. The number of rotatable bonds is 6. The summed E-state index contributed by atoms with van der Waals surface area (Å²) in [6.45, 7) is 2.17. The molecule has 168 valence electrons. The smallest absolute Gasteiger partial charge is 0.508 e. The van der Waals surface area contributed by atoms with E-state index in [0.29, 0.717) is 18.6 Å². The molecule has 0 aromatic heterocycles. The molecule has 1 aliphatic rings. The third-order valence-corrected chi connectivity index (χ3v) is 6.61. The van der Waals surface area contributed by atoms with Gasteiger partial charge in [-0.15, -0.1) is 13.2 Å². The van der Waals surface area contributed by atoms with Gasteiger partial charge in [0.1, 0.15) is 17.6 Å². The summed E-state index contributed by atoms with van der Waals surface area (Å²) < 4.78 is 67.2. The van der Waals surface area contributed by atoms with E-state index >= 15 is 0 Å². The Labute approximate surface area is 177 Å². The first-order valence-corrected chi connectivity index (χ1v) is 10.8. The fourth-order valence-corrected chi connectivity index (χ4v) is 4.44. The zero-order chi connectivity index (χ0) is 22.6. The number of benzene rings is 2. The van der Waals surface area contributed by atoms with E-state index in [1.807, 2.05) is 6.92 Å². The summed E-state index contributed by atoms with van der Waals surface area (Å²) in [4.78, 5) is 5.39. The molecule has 0 bridgehead atoms. The number of alkyl halides is 3. The van der Waals surface area contributed by atoms with Crippen molar-refractivity contribution >= 4 is 15.7 Å². The van der Waals surface area contributed by atoms with Crippen LogP contribution in [0, 0.1) is 0 Å². The molecule has 11 heteroatoms. The zero-order valence-corrected chi connectivity index (χ0v) is 17.4. The van der Waals surface area contributed by atoms with Gasteiger partial charge in [0.2, 0.25) is 10.0 Å². The van der Waals surface area contributed by atoms with Crippen LogP contribution in [-0.2, 0) is 14.9 Å². The minimum Gasteiger partial charge on any atom is -0.508 e. The number of phenols is 1. The molecule has 1 heterocycles. The summed E-state index contributed by atoms with van der Waals surface area (Å²) in [7, 11) is -3.85. The monoisotopic (exact) mass is 458 g/mol. The van der Waals surface area contributed by atoms with Crippen LogP contribution in [0.25, 0.3) is 0 Å². The predicted molar refractivity (Wildman–Crippen MR) is 106 cm³/mol. The van der Waals surface area contributed by atoms with Crippen LogP contribution in [0.1, 0.15) is 31.4 Å². The quantitative estimate of drug-likeness (QED) is 0.656. The first-order valence-electron chi connectivity index (χ1n) is 9.41. The van der Waals surface area contributed by atoms with Gasteiger partial charge >= 0.3 is 6.36 Å². The number of aromatic hydroxyl groups is 1. The number of sulfonamides is 1. The van der Waals surface area contributed by atoms with E-state index in [9.17, 15) is 26.7 Å². The van der Waals surface area contributed by atoms with E-state index in [0.717, 1.165) is 29.8 Å². The fraction of sp³-hybridized carbons (Fsp3) is 0.350. The Kier molecular flexibility index (Phi) is 6.75. The lowest BCUT2D eigenvalue weighted by Gasteiger charge is -2.27. The molecule has 0 radical (unpaired) electrons. The topological polar surface area (TPSA) is 88.4 Å². The standard InChI is InChI=1S/C20H21F3N2O5S/c1-14(15-2-4-17(26)5-3-15)30-24-16-10-12-25(13-11-16)31(27,28)19-8-6-18(7-9-19)29-20(21,22)23/h2-9,14,26H,10-13H2,1H3. The Hall–Kier alpha value is -2.79. The van der Waals surface area contributed by atoms with Gasteiger partial charge < -0.3 is 14.7 Å². The Morgan fingerprint density at radius 1 is 1.03 bits per heavy atom. The Morgan fingerprint density at radius 2 is 1.61 bits per heavy atom. The predicted octanol–water partition coefficient (Wildman–Crippen LogP) is 4.21. The lowest BCUT2D eigenvalue weighted by atomic mass is 10.1. The van der Waals surface area contributed by atoms with Crippen molar-refractivity contribution in [1.29, 1.82) is 0 Å². The molecule has 2 aromatic carbocycles. The number of piperidine rings is 1. The molecule has 2 aromatic rings. The van der Waals surface area contributed by atoms with Gasteiger partial charge in [-0.1, -0.05) is 17.3 Å². The Morgan fingerprint density at radius 3 is 2.16 bits per heavy atom. The number of halogens is 3. The highest BCUT2D eigenvalue weighted by Gasteiger charge is 2.32. The molecule has 1 saturated heterocycles. The second-order valence-corrected chi connectivity index (χ2v) is 8.86. The van der Waals surface area contributed by atoms with Gasteiger partial charge in [-0.25, -0.2) is 8.42 Å². The van der Waals surface area contributed by atoms with Crippen LogP contribution in [0.3, 0.4) is 0 Å². The van der Waals surface area contributed by atoms with Gasteiger partial charge in [0.15, 0.2) is 0 Å². The van der Waals surface area contributed by atoms with E-state index in [1.165, 1.54) is 4.31 Å². The second-order valence-electron chi connectivity index (χ2n) is 6.92. The van der Waals surface area contributed by atoms with Crippen molar-refractivity contribution < 1.29 is 36.3 Å². The highest BCUT2D eigenvalue weighted by atomic mass is 32.2. The summed E-state index contributed by atoms with van der Waals surface area (Å²) in [6.07, 6.45) is -4.44. The number of nitrogens with zero attached hydrogens (tertiary/aromatic N) is 2. The summed E-state index contributed by atoms with van der Waals surface area (Å²) in [6, 6.07) is 10.7. The van der Waals surface area contributed by atoms with E-state index in [2.05, 4.69) is 9.89 Å². The van der Waals surface area contributed by atoms with Crippen molar-refractivity contribution in [2.24, 2.45) is 5.16 Å². The van der Waals surface area contributed by atoms with E-state index < -0.39 is 22.1 Å². The van der Waals surface area contributed by atoms with E-state index in [4.69, 9.17) is 4.84 Å². The second kappa shape index (κ2) is 9.15. The van der Waals surface area contributed by atoms with Gasteiger partial charge in [0.05, 0.1) is 10.6 Å². The molecule has 1 N–H and O–H groups in total. The van der Waals surface area contributed by atoms with Gasteiger partial charge in [-0.3, -0.25) is 0 Å². The molecule has 1 fully saturated rings. The molecule has 0 aliphatic carbocycles. The molecule has 1 unspecified atom stereocenters. The number of oxime groups is 1. The first-order chi connectivity index (χ1) is 14.5. The third-order valence-electron chi connectivity index (χ3n) is 4.70. The van der Waals surface area contributed by atoms with Crippen molar-refractivity contribution in [3.05, 3.63) is 54.1 Å². The Balaban J connectivity index is 1.58. The van der Waals surface area contributed by atoms with Crippen molar-refractivity contribution in [2.45, 2.75) is 37.1 Å². The highest BCUT2D eigenvalue weighted by molar-refractivity contribution is 7.89. The fourth-order valence-electron chi connectivity index (χ4n) is 3.00. The van der Waals surface area contributed by atoms with Gasteiger partial charge in [0.25, 0.3) is 0 Å². The maximum absolute atomic E-state index is 12.7. The maximum atomic E-state index is 12.7. The normalized spacial score (nSPS) is 16.6. The molecule has 1 atom stereocenters. The van der Waals surface area contributed by atoms with Crippen LogP contribution in [0.2, 0.25) is 0 Å². The van der Waals surface area contributed by atoms with Crippen LogP contribution >= 0.6 is 0 Å². The SMILES string of the molecule is CC(ON=C1CCN(S(=O)(=O)c2ccc(OC(F)(F)F)cc2)CC1)c1ccc(O)cc1. The molecular formula is C20H21F3N2O5S. The van der Waals surface area contributed by atoms with Crippen molar-refractivity contribution in [2.75, 3.05) is 13.1 Å². The lowest BCUT2D eigenvalue weighted by Crippen LogP contribution is -2.38. The number of ether oxygens (including phenoxy) is 1. The van der Waals surface area contributed by atoms with Crippen LogP contribution in [-0.4, -0.2) is 43.0 Å². The molecule has 0 amide bonds. The van der Waals surface area contributed by atoms with E-state index in [1.54, 1.807) is 24.3 Å². The number of hydrogen-bond donors (Lipinski definition) is 1. The van der Waals surface area contributed by atoms with Crippen molar-refractivity contribution in [3.63, 3.8) is 0 Å². The first kappa shape index (κ1) is 22.9. The average Bonchev–Trinajstić information content (AvgIpc) is 2.72. The molecule has 0 saturated carbocycles. The van der Waals surface area contributed by atoms with Gasteiger partial charge in [-0.2, -0.15) is 4.31 Å². The molecular weight excluding hydrogens is 437 g/mol. The highest BCUT2D eigenvalue weighted by Crippen LogP contribution is 2.26. The number of phenolic OH excluding ortho intramolecular Hbond substituents is 1. The van der Waals surface area contributed by atoms with Crippen LogP contribution in [0.4, 0.5) is 13.2 Å². The molecule has 3 rings (SSSR count). The summed E-state index contributed by atoms with van der Waals surface area (Å²) in [5, 5.41) is 13.5. The minimum absolute atomic E-state index is 0.111. The van der Waals surface area contributed by atoms with Crippen molar-refractivity contribution in [1.82, 2.24) is 4.31 Å². The summed E-state index contributed by atoms with van der Waals surface area (Å²) in [5.74, 6) is -0.335. The van der Waals surface area contributed by atoms with Gasteiger partial charge in [0, 0.05) is 25.9 Å². The molecule has 7 nitrogen and oxygen atoms in total. The lowest BCUT2D eigenvalue weighted by molar-refractivity contribution is -0.274. The Bertz CT molecular complexity index is 1010. The zero-order valence-electron chi connectivity index (χ0n) is 16.5. The molecule has 1 aliphatic heterocycles. The number of hydrogen-bond acceptors (Lipinski definition) is 6. The van der Waals surface area contributed by atoms with Crippen LogP contribution in [0.15, 0.2) is 58.6 Å². The molecule has 0 spiro atoms. The minimum atomic E-state index is -4.84.